The number of carbonyl (C=O) groups is 2. The quantitative estimate of drug-likeness (QED) is 0.632. The number of carbonyl (C=O) groups excluding carboxylic acids is 1. The van der Waals surface area contributed by atoms with Crippen LogP contribution < -0.4 is 5.32 Å². The molecule has 142 valence electrons. The summed E-state index contributed by atoms with van der Waals surface area (Å²) >= 11 is 0. The molecule has 0 radical (unpaired) electrons. The van der Waals surface area contributed by atoms with E-state index in [0.717, 1.165) is 48.8 Å². The molecule has 0 aliphatic carbocycles. The summed E-state index contributed by atoms with van der Waals surface area (Å²) in [6, 6.07) is 1.98. The number of carboxylic acid groups (broad SMARTS) is 1. The zero-order chi connectivity index (χ0) is 19.1. The van der Waals surface area contributed by atoms with Crippen LogP contribution in [-0.4, -0.2) is 38.3 Å². The SMILES string of the molecule is Cc1cc(C(=O)NCCCCCCCC(=O)O)c2cnn(C(C)C)c2n1. The van der Waals surface area contributed by atoms with E-state index in [9.17, 15) is 9.59 Å². The highest BCUT2D eigenvalue weighted by Crippen LogP contribution is 2.21. The fraction of sp³-hybridized carbons (Fsp3) is 0.579. The smallest absolute Gasteiger partial charge is 0.303 e. The van der Waals surface area contributed by atoms with Gasteiger partial charge in [-0.2, -0.15) is 5.10 Å². The maximum absolute atomic E-state index is 12.6. The molecular weight excluding hydrogens is 332 g/mol. The van der Waals surface area contributed by atoms with Crippen LogP contribution >= 0.6 is 0 Å². The van der Waals surface area contributed by atoms with Gasteiger partial charge in [0.05, 0.1) is 17.1 Å². The van der Waals surface area contributed by atoms with Gasteiger partial charge in [-0.1, -0.05) is 19.3 Å². The Labute approximate surface area is 153 Å². The second-order valence-corrected chi connectivity index (χ2v) is 6.90. The minimum Gasteiger partial charge on any atom is -0.481 e. The third-order valence-corrected chi connectivity index (χ3v) is 4.28. The van der Waals surface area contributed by atoms with E-state index in [1.165, 1.54) is 0 Å². The van der Waals surface area contributed by atoms with E-state index in [2.05, 4.69) is 15.4 Å². The monoisotopic (exact) mass is 360 g/mol. The number of hydrogen-bond donors (Lipinski definition) is 2. The molecule has 0 saturated carbocycles. The number of carboxylic acids is 1. The van der Waals surface area contributed by atoms with Crippen LogP contribution in [0.5, 0.6) is 0 Å². The van der Waals surface area contributed by atoms with E-state index >= 15 is 0 Å². The number of aryl methyl sites for hydroxylation is 1. The van der Waals surface area contributed by atoms with E-state index in [4.69, 9.17) is 5.11 Å². The molecule has 0 fully saturated rings. The fourth-order valence-electron chi connectivity index (χ4n) is 2.94. The zero-order valence-corrected chi connectivity index (χ0v) is 15.8. The van der Waals surface area contributed by atoms with Gasteiger partial charge in [-0.05, 0) is 39.7 Å². The first-order valence-electron chi connectivity index (χ1n) is 9.25. The van der Waals surface area contributed by atoms with Crippen molar-refractivity contribution in [2.75, 3.05) is 6.54 Å². The third kappa shape index (κ3) is 5.28. The van der Waals surface area contributed by atoms with Gasteiger partial charge in [0.25, 0.3) is 5.91 Å². The lowest BCUT2D eigenvalue weighted by Crippen LogP contribution is -2.25. The number of nitrogens with one attached hydrogen (secondary N) is 1. The van der Waals surface area contributed by atoms with E-state index < -0.39 is 5.97 Å². The molecule has 0 atom stereocenters. The molecule has 2 rings (SSSR count). The van der Waals surface area contributed by atoms with Gasteiger partial charge in [-0.3, -0.25) is 9.59 Å². The van der Waals surface area contributed by atoms with Crippen LogP contribution in [0.2, 0.25) is 0 Å². The molecule has 0 bridgehead atoms. The second kappa shape index (κ2) is 9.31. The molecule has 0 aromatic carbocycles. The van der Waals surface area contributed by atoms with Gasteiger partial charge in [0.15, 0.2) is 5.65 Å². The van der Waals surface area contributed by atoms with Crippen molar-refractivity contribution in [2.45, 2.75) is 65.3 Å². The fourth-order valence-corrected chi connectivity index (χ4v) is 2.94. The molecule has 2 aromatic heterocycles. The van der Waals surface area contributed by atoms with Crippen LogP contribution in [0.15, 0.2) is 12.3 Å². The molecule has 0 saturated heterocycles. The lowest BCUT2D eigenvalue weighted by atomic mass is 10.1. The molecule has 2 aromatic rings. The summed E-state index contributed by atoms with van der Waals surface area (Å²) in [5.74, 6) is -0.841. The highest BCUT2D eigenvalue weighted by molar-refractivity contribution is 6.05. The van der Waals surface area contributed by atoms with Crippen molar-refractivity contribution in [1.82, 2.24) is 20.1 Å². The molecule has 1 amide bonds. The van der Waals surface area contributed by atoms with Crippen molar-refractivity contribution in [3.8, 4) is 0 Å². The zero-order valence-electron chi connectivity index (χ0n) is 15.8. The van der Waals surface area contributed by atoms with Crippen molar-refractivity contribution in [3.05, 3.63) is 23.5 Å². The third-order valence-electron chi connectivity index (χ3n) is 4.28. The van der Waals surface area contributed by atoms with E-state index in [0.29, 0.717) is 12.1 Å². The van der Waals surface area contributed by atoms with Crippen molar-refractivity contribution >= 4 is 22.9 Å². The number of pyridine rings is 1. The Hall–Kier alpha value is -2.44. The lowest BCUT2D eigenvalue weighted by molar-refractivity contribution is -0.137. The Morgan fingerprint density at radius 1 is 1.19 bits per heavy atom. The van der Waals surface area contributed by atoms with Crippen molar-refractivity contribution < 1.29 is 14.7 Å². The number of fused-ring (bicyclic) bond motifs is 1. The Bertz CT molecular complexity index is 767. The number of hydrogen-bond acceptors (Lipinski definition) is 4. The van der Waals surface area contributed by atoms with Gasteiger partial charge >= 0.3 is 5.97 Å². The second-order valence-electron chi connectivity index (χ2n) is 6.90. The molecule has 0 aliphatic rings. The molecule has 7 nitrogen and oxygen atoms in total. The Morgan fingerprint density at radius 3 is 2.58 bits per heavy atom. The summed E-state index contributed by atoms with van der Waals surface area (Å²) < 4.78 is 1.83. The average Bonchev–Trinajstić information content (AvgIpc) is 2.99. The summed E-state index contributed by atoms with van der Waals surface area (Å²) in [5, 5.41) is 16.7. The standard InChI is InChI=1S/C19H28N4O3/c1-13(2)23-18-16(12-21-23)15(11-14(3)22-18)19(26)20-10-8-6-4-5-7-9-17(24)25/h11-13H,4-10H2,1-3H3,(H,20,26)(H,24,25). The topological polar surface area (TPSA) is 97.1 Å². The molecule has 2 N–H and O–H groups in total. The Morgan fingerprint density at radius 2 is 1.88 bits per heavy atom. The first kappa shape index (κ1) is 19.9. The molecule has 2 heterocycles. The van der Waals surface area contributed by atoms with Crippen LogP contribution in [-0.2, 0) is 4.79 Å². The lowest BCUT2D eigenvalue weighted by Gasteiger charge is -2.09. The molecule has 7 heteroatoms. The number of aliphatic carboxylic acids is 1. The normalized spacial score (nSPS) is 11.2. The van der Waals surface area contributed by atoms with Crippen LogP contribution in [0, 0.1) is 6.92 Å². The summed E-state index contributed by atoms with van der Waals surface area (Å²) in [6.07, 6.45) is 6.43. The van der Waals surface area contributed by atoms with Crippen LogP contribution in [0.4, 0.5) is 0 Å². The minimum atomic E-state index is -0.739. The summed E-state index contributed by atoms with van der Waals surface area (Å²) in [7, 11) is 0. The first-order chi connectivity index (χ1) is 12.4. The van der Waals surface area contributed by atoms with E-state index in [1.54, 1.807) is 12.3 Å². The van der Waals surface area contributed by atoms with Gasteiger partial charge in [0.1, 0.15) is 0 Å². The van der Waals surface area contributed by atoms with Gasteiger partial charge in [0, 0.05) is 24.7 Å². The molecule has 26 heavy (non-hydrogen) atoms. The maximum Gasteiger partial charge on any atom is 0.303 e. The van der Waals surface area contributed by atoms with Gasteiger partial charge in [0.2, 0.25) is 0 Å². The van der Waals surface area contributed by atoms with Crippen LogP contribution in [0.1, 0.15) is 74.5 Å². The predicted octanol–water partition coefficient (Wildman–Crippen LogP) is 3.48. The van der Waals surface area contributed by atoms with Gasteiger partial charge in [-0.15, -0.1) is 0 Å². The minimum absolute atomic E-state index is 0.102. The number of rotatable bonds is 10. The number of amides is 1. The first-order valence-corrected chi connectivity index (χ1v) is 9.25. The van der Waals surface area contributed by atoms with Crippen LogP contribution in [0.25, 0.3) is 11.0 Å². The average molecular weight is 360 g/mol. The molecule has 0 spiro atoms. The Balaban J connectivity index is 1.87. The number of aromatic nitrogens is 3. The maximum atomic E-state index is 12.6. The van der Waals surface area contributed by atoms with Crippen molar-refractivity contribution in [1.29, 1.82) is 0 Å². The van der Waals surface area contributed by atoms with E-state index in [1.807, 2.05) is 25.5 Å². The molecular formula is C19H28N4O3. The highest BCUT2D eigenvalue weighted by atomic mass is 16.4. The number of unbranched alkanes of at least 4 members (excludes halogenated alkanes) is 4. The number of nitrogens with zero attached hydrogens (tertiary/aromatic N) is 3. The highest BCUT2D eigenvalue weighted by Gasteiger charge is 2.16. The largest absolute Gasteiger partial charge is 0.481 e. The van der Waals surface area contributed by atoms with Gasteiger partial charge in [-0.25, -0.2) is 9.67 Å². The summed E-state index contributed by atoms with van der Waals surface area (Å²) in [5.41, 5.74) is 2.15. The Kier molecular flexibility index (Phi) is 7.12. The summed E-state index contributed by atoms with van der Waals surface area (Å²) in [6.45, 7) is 6.56. The van der Waals surface area contributed by atoms with Crippen molar-refractivity contribution in [3.63, 3.8) is 0 Å². The van der Waals surface area contributed by atoms with Gasteiger partial charge < -0.3 is 10.4 Å². The predicted molar refractivity (Wildman–Crippen MR) is 100 cm³/mol. The summed E-state index contributed by atoms with van der Waals surface area (Å²) in [4.78, 5) is 27.5. The van der Waals surface area contributed by atoms with Crippen molar-refractivity contribution in [2.24, 2.45) is 0 Å². The van der Waals surface area contributed by atoms with Crippen LogP contribution in [0.3, 0.4) is 0 Å². The molecule has 0 unspecified atom stereocenters. The van der Waals surface area contributed by atoms with E-state index in [-0.39, 0.29) is 18.4 Å². The molecule has 0 aliphatic heterocycles.